The maximum atomic E-state index is 11.7. The fourth-order valence-electron chi connectivity index (χ4n) is 3.41. The summed E-state index contributed by atoms with van der Waals surface area (Å²) in [4.78, 5) is 11.7. The van der Waals surface area contributed by atoms with Crippen LogP contribution in [0.5, 0.6) is 0 Å². The number of carbonyl (C=O) groups excluding carboxylic acids is 1. The third kappa shape index (κ3) is 1.99. The molecule has 0 bridgehead atoms. The number of ether oxygens (including phenoxy) is 2. The first-order valence-corrected chi connectivity index (χ1v) is 7.05. The van der Waals surface area contributed by atoms with E-state index in [-0.39, 0.29) is 23.6 Å². The van der Waals surface area contributed by atoms with E-state index in [0.29, 0.717) is 12.0 Å². The van der Waals surface area contributed by atoms with E-state index in [1.165, 1.54) is 5.57 Å². The van der Waals surface area contributed by atoms with E-state index >= 15 is 0 Å². The van der Waals surface area contributed by atoms with Crippen molar-refractivity contribution >= 4 is 5.97 Å². The predicted molar refractivity (Wildman–Crippen MR) is 68.0 cm³/mol. The first-order chi connectivity index (χ1) is 8.49. The minimum atomic E-state index is -0.0354. The highest BCUT2D eigenvalue weighted by Crippen LogP contribution is 2.46. The molecule has 1 unspecified atom stereocenters. The van der Waals surface area contributed by atoms with E-state index in [1.54, 1.807) is 0 Å². The van der Waals surface area contributed by atoms with E-state index in [1.807, 2.05) is 6.92 Å². The van der Waals surface area contributed by atoms with Gasteiger partial charge in [-0.25, -0.2) is 0 Å². The predicted octanol–water partition coefficient (Wildman–Crippen LogP) is 2.84. The Morgan fingerprint density at radius 2 is 2.17 bits per heavy atom. The molecule has 0 amide bonds. The first-order valence-electron chi connectivity index (χ1n) is 7.05. The molecule has 0 radical (unpaired) electrons. The SMILES string of the molecule is C/C1=C/[C@@H]2OC(=O)[C@@H](C)C2CC[C@@]2(C)O[C@@H]2CC1. The lowest BCUT2D eigenvalue weighted by Crippen LogP contribution is -2.22. The van der Waals surface area contributed by atoms with Crippen LogP contribution in [-0.4, -0.2) is 23.8 Å². The second-order valence-corrected chi connectivity index (χ2v) is 6.36. The van der Waals surface area contributed by atoms with Crippen LogP contribution in [0.1, 0.15) is 46.5 Å². The minimum absolute atomic E-state index is 0.00796. The molecule has 0 saturated carbocycles. The molecule has 3 aliphatic rings. The van der Waals surface area contributed by atoms with E-state index < -0.39 is 0 Å². The average Bonchev–Trinajstić information content (AvgIpc) is 2.89. The van der Waals surface area contributed by atoms with Crippen molar-refractivity contribution in [3.05, 3.63) is 11.6 Å². The van der Waals surface area contributed by atoms with Gasteiger partial charge in [0.1, 0.15) is 6.10 Å². The molecule has 2 fully saturated rings. The molecule has 0 aromatic carbocycles. The number of epoxide rings is 1. The summed E-state index contributed by atoms with van der Waals surface area (Å²) in [6.07, 6.45) is 6.80. The summed E-state index contributed by atoms with van der Waals surface area (Å²) in [6, 6.07) is 0. The number of fused-ring (bicyclic) bond motifs is 2. The molecule has 0 spiro atoms. The number of carbonyl (C=O) groups is 1. The molecule has 2 aliphatic heterocycles. The van der Waals surface area contributed by atoms with Gasteiger partial charge >= 0.3 is 5.97 Å². The van der Waals surface area contributed by atoms with Crippen molar-refractivity contribution in [1.82, 2.24) is 0 Å². The Morgan fingerprint density at radius 3 is 2.94 bits per heavy atom. The Hall–Kier alpha value is -0.830. The molecule has 3 nitrogen and oxygen atoms in total. The first kappa shape index (κ1) is 12.2. The zero-order valence-electron chi connectivity index (χ0n) is 11.4. The third-order valence-electron chi connectivity index (χ3n) is 4.95. The summed E-state index contributed by atoms with van der Waals surface area (Å²) < 4.78 is 11.3. The van der Waals surface area contributed by atoms with E-state index in [0.717, 1.165) is 25.7 Å². The fourth-order valence-corrected chi connectivity index (χ4v) is 3.41. The Balaban J connectivity index is 1.83. The minimum Gasteiger partial charge on any atom is -0.458 e. The van der Waals surface area contributed by atoms with Gasteiger partial charge < -0.3 is 9.47 Å². The molecule has 0 aromatic heterocycles. The van der Waals surface area contributed by atoms with Gasteiger partial charge in [0, 0.05) is 5.92 Å². The lowest BCUT2D eigenvalue weighted by atomic mass is 9.82. The number of rotatable bonds is 0. The molecule has 0 N–H and O–H groups in total. The van der Waals surface area contributed by atoms with Crippen molar-refractivity contribution in [2.45, 2.75) is 64.3 Å². The third-order valence-corrected chi connectivity index (χ3v) is 4.95. The maximum Gasteiger partial charge on any atom is 0.309 e. The van der Waals surface area contributed by atoms with Gasteiger partial charge in [-0.05, 0) is 45.6 Å². The van der Waals surface area contributed by atoms with Gasteiger partial charge in [-0.1, -0.05) is 12.5 Å². The van der Waals surface area contributed by atoms with Crippen molar-refractivity contribution in [2.24, 2.45) is 11.8 Å². The summed E-state index contributed by atoms with van der Waals surface area (Å²) in [6.45, 7) is 6.33. The Kier molecular flexibility index (Phi) is 2.77. The highest BCUT2D eigenvalue weighted by Gasteiger charge is 2.52. The lowest BCUT2D eigenvalue weighted by Gasteiger charge is -2.20. The van der Waals surface area contributed by atoms with Gasteiger partial charge in [-0.2, -0.15) is 0 Å². The molecule has 18 heavy (non-hydrogen) atoms. The Bertz CT molecular complexity index is 401. The van der Waals surface area contributed by atoms with Gasteiger partial charge in [0.05, 0.1) is 17.6 Å². The molecule has 1 aliphatic carbocycles. The van der Waals surface area contributed by atoms with Crippen LogP contribution >= 0.6 is 0 Å². The summed E-state index contributed by atoms with van der Waals surface area (Å²) in [5, 5.41) is 0. The normalized spacial score (nSPS) is 50.6. The number of hydrogen-bond donors (Lipinski definition) is 0. The second kappa shape index (κ2) is 4.09. The highest BCUT2D eigenvalue weighted by molar-refractivity contribution is 5.75. The molecular formula is C15H22O3. The summed E-state index contributed by atoms with van der Waals surface area (Å²) >= 11 is 0. The smallest absolute Gasteiger partial charge is 0.309 e. The van der Waals surface area contributed by atoms with Crippen molar-refractivity contribution in [3.8, 4) is 0 Å². The highest BCUT2D eigenvalue weighted by atomic mass is 16.6. The van der Waals surface area contributed by atoms with Crippen LogP contribution in [0, 0.1) is 11.8 Å². The topological polar surface area (TPSA) is 38.8 Å². The lowest BCUT2D eigenvalue weighted by molar-refractivity contribution is -0.142. The van der Waals surface area contributed by atoms with Crippen LogP contribution in [0.15, 0.2) is 11.6 Å². The standard InChI is InChI=1S/C15H22O3/c1-9-4-5-13-15(3,18-13)7-6-11-10(2)14(16)17-12(11)8-9/h8,10-13H,4-7H2,1-3H3/b9-8-/t10-,11?,12-,13+,15+/m0/s1. The van der Waals surface area contributed by atoms with E-state index in [9.17, 15) is 4.79 Å². The van der Waals surface area contributed by atoms with Gasteiger partial charge in [0.25, 0.3) is 0 Å². The maximum absolute atomic E-state index is 11.7. The summed E-state index contributed by atoms with van der Waals surface area (Å²) in [5.74, 6) is 0.318. The molecular weight excluding hydrogens is 228 g/mol. The van der Waals surface area contributed by atoms with Crippen LogP contribution in [0.4, 0.5) is 0 Å². The largest absolute Gasteiger partial charge is 0.458 e. The van der Waals surface area contributed by atoms with Crippen LogP contribution in [0.2, 0.25) is 0 Å². The Morgan fingerprint density at radius 1 is 1.39 bits per heavy atom. The average molecular weight is 250 g/mol. The fraction of sp³-hybridized carbons (Fsp3) is 0.800. The molecule has 3 rings (SSSR count). The zero-order valence-corrected chi connectivity index (χ0v) is 11.4. The molecule has 0 aromatic rings. The molecule has 100 valence electrons. The summed E-state index contributed by atoms with van der Waals surface area (Å²) in [7, 11) is 0. The van der Waals surface area contributed by atoms with E-state index in [4.69, 9.17) is 9.47 Å². The molecule has 3 heteroatoms. The van der Waals surface area contributed by atoms with Crippen molar-refractivity contribution in [1.29, 1.82) is 0 Å². The second-order valence-electron chi connectivity index (χ2n) is 6.36. The van der Waals surface area contributed by atoms with Crippen LogP contribution in [0.3, 0.4) is 0 Å². The van der Waals surface area contributed by atoms with Gasteiger partial charge in [-0.3, -0.25) is 4.79 Å². The van der Waals surface area contributed by atoms with Crippen molar-refractivity contribution < 1.29 is 14.3 Å². The van der Waals surface area contributed by atoms with Gasteiger partial charge in [-0.15, -0.1) is 0 Å². The molecule has 2 saturated heterocycles. The quantitative estimate of drug-likeness (QED) is 0.377. The Labute approximate surface area is 109 Å². The van der Waals surface area contributed by atoms with Gasteiger partial charge in [0.2, 0.25) is 0 Å². The van der Waals surface area contributed by atoms with Crippen LogP contribution in [-0.2, 0) is 14.3 Å². The zero-order chi connectivity index (χ0) is 12.9. The number of hydrogen-bond acceptors (Lipinski definition) is 3. The van der Waals surface area contributed by atoms with Crippen molar-refractivity contribution in [3.63, 3.8) is 0 Å². The van der Waals surface area contributed by atoms with Crippen LogP contribution < -0.4 is 0 Å². The molecule has 2 heterocycles. The molecule has 5 atom stereocenters. The van der Waals surface area contributed by atoms with E-state index in [2.05, 4.69) is 19.9 Å². The number of allylic oxidation sites excluding steroid dienone is 1. The summed E-state index contributed by atoms with van der Waals surface area (Å²) in [5.41, 5.74) is 1.39. The van der Waals surface area contributed by atoms with Crippen molar-refractivity contribution in [2.75, 3.05) is 0 Å². The van der Waals surface area contributed by atoms with Gasteiger partial charge in [0.15, 0.2) is 0 Å². The van der Waals surface area contributed by atoms with Crippen LogP contribution in [0.25, 0.3) is 0 Å². The monoisotopic (exact) mass is 250 g/mol. The number of esters is 1.